The van der Waals surface area contributed by atoms with Gasteiger partial charge in [0.15, 0.2) is 0 Å². The minimum absolute atomic E-state index is 0. The van der Waals surface area contributed by atoms with Gasteiger partial charge in [0.2, 0.25) is 35.4 Å². The molecule has 0 spiro atoms. The van der Waals surface area contributed by atoms with Gasteiger partial charge in [-0.2, -0.15) is 19.9 Å². The second kappa shape index (κ2) is 24.5. The topological polar surface area (TPSA) is 227 Å². The molecule has 0 radical (unpaired) electrons. The summed E-state index contributed by atoms with van der Waals surface area (Å²) in [6.45, 7) is 0. The van der Waals surface area contributed by atoms with E-state index >= 15 is 0 Å². The molecule has 0 atom stereocenters. The molecule has 0 saturated heterocycles. The average molecular weight is 1140 g/mol. The third-order valence-electron chi connectivity index (χ3n) is 12.7. The second-order valence-corrected chi connectivity index (χ2v) is 20.7. The number of nitrogens with one attached hydrogen (secondary N) is 2. The molecule has 20 heteroatoms. The van der Waals surface area contributed by atoms with Crippen LogP contribution in [0.25, 0.3) is 55.2 Å². The van der Waals surface area contributed by atoms with Gasteiger partial charge < -0.3 is 38.7 Å². The smallest absolute Gasteiger partial charge is 0.744 e. The van der Waals surface area contributed by atoms with Gasteiger partial charge in [0.1, 0.15) is 43.2 Å². The van der Waals surface area contributed by atoms with Crippen molar-refractivity contribution in [2.24, 2.45) is 0 Å². The maximum absolute atomic E-state index is 13.2. The second-order valence-electron chi connectivity index (χ2n) is 18.0. The number of benzene rings is 10. The van der Waals surface area contributed by atoms with Gasteiger partial charge >= 0.3 is 59.1 Å². The molecule has 16 nitrogen and oxygen atoms in total. The molecule has 0 unspecified atom stereocenters. The average Bonchev–Trinajstić information content (AvgIpc) is 3.52. The van der Waals surface area contributed by atoms with E-state index in [2.05, 4.69) is 30.6 Å². The van der Waals surface area contributed by atoms with Gasteiger partial charge in [-0.05, 0) is 75.1 Å². The summed E-state index contributed by atoms with van der Waals surface area (Å²) in [7, 11) is -11.4. The molecule has 0 aliphatic heterocycles. The summed E-state index contributed by atoms with van der Waals surface area (Å²) in [5.74, 6) is 1.98. The van der Waals surface area contributed by atoms with Gasteiger partial charge in [0.05, 0.1) is 27.6 Å². The van der Waals surface area contributed by atoms with Gasteiger partial charge in [-0.15, -0.1) is 0 Å². The van der Waals surface area contributed by atoms with Crippen molar-refractivity contribution < 1.29 is 104 Å². The number of aromatic nitrogens is 4. The number of fused-ring (bicyclic) bond motifs is 4. The molecule has 0 bridgehead atoms. The van der Waals surface area contributed by atoms with Crippen LogP contribution in [0, 0.1) is 0 Å². The van der Waals surface area contributed by atoms with Gasteiger partial charge in [-0.3, -0.25) is 0 Å². The minimum Gasteiger partial charge on any atom is -0.744 e. The fraction of sp³-hybridized carbons (Fsp3) is 0. The Morgan fingerprint density at radius 2 is 0.707 bits per heavy atom. The molecular weight excluding hydrogens is 1100 g/mol. The summed E-state index contributed by atoms with van der Waals surface area (Å²) in [4.78, 5) is 15.6. The first-order valence-electron chi connectivity index (χ1n) is 24.7. The molecule has 2 N–H and O–H groups in total. The van der Waals surface area contributed by atoms with E-state index in [1.807, 2.05) is 146 Å². The maximum Gasteiger partial charge on any atom is 1.00 e. The van der Waals surface area contributed by atoms with E-state index in [9.17, 15) is 25.9 Å². The molecule has 0 amide bonds. The number of hydrogen-bond acceptors (Lipinski definition) is 16. The predicted octanol–water partition coefficient (Wildman–Crippen LogP) is 8.52. The van der Waals surface area contributed by atoms with Crippen LogP contribution in [0.4, 0.5) is 23.3 Å². The summed E-state index contributed by atoms with van der Waals surface area (Å²) in [6, 6.07) is 64.9. The van der Waals surface area contributed by atoms with Crippen molar-refractivity contribution in [3.05, 3.63) is 230 Å². The normalized spacial score (nSPS) is 11.5. The van der Waals surface area contributed by atoms with Gasteiger partial charge in [-0.1, -0.05) is 176 Å². The molecule has 0 fully saturated rings. The number of rotatable bonds is 16. The Morgan fingerprint density at radius 1 is 0.366 bits per heavy atom. The molecule has 12 aromatic rings. The van der Waals surface area contributed by atoms with E-state index in [1.54, 1.807) is 54.6 Å². The Balaban J connectivity index is 0.00000376. The van der Waals surface area contributed by atoms with E-state index < -0.39 is 35.7 Å². The summed E-state index contributed by atoms with van der Waals surface area (Å²) in [5.41, 5.74) is 0.0341. The van der Waals surface area contributed by atoms with E-state index in [1.165, 1.54) is 24.3 Å². The van der Waals surface area contributed by atoms with Crippen molar-refractivity contribution in [3.63, 3.8) is 0 Å². The molecule has 10 aromatic carbocycles. The van der Waals surface area contributed by atoms with Gasteiger partial charge in [-0.25, -0.2) is 16.8 Å². The zero-order chi connectivity index (χ0) is 54.8. The standard InChI is InChI=1S/C62H42N6O10S2.2Na/c69-79(70,71)59-44(32-29-39-30-34-45(35-31-39)63-61-65-55(75-51-25-9-17-40-13-1-5-21-46(40)51)37-56(66-61)76-52-26-10-18-41-14-2-6-22-47(41)52)33-36-50(60(59)80(72,73)74)64-62-67-57(77-53-27-11-19-42-15-3-7-23-48(42)53)38-58(68-62)78-54-28-12-20-43-16-4-8-24-49(43)54;;/h1-38H,(H,63,65,66)(H,64,67,68)(H,69,70,71)(H,72,73,74);;/q;2*+1/p-2. The first kappa shape index (κ1) is 57.0. The summed E-state index contributed by atoms with van der Waals surface area (Å²) in [6.07, 6.45) is 2.66. The molecule has 0 aliphatic rings. The largest absolute Gasteiger partial charge is 1.00 e. The number of nitrogens with zero attached hydrogens (tertiary/aromatic N) is 4. The van der Waals surface area contributed by atoms with Gasteiger partial charge in [0.25, 0.3) is 0 Å². The monoisotopic (exact) mass is 1140 g/mol. The van der Waals surface area contributed by atoms with Crippen LogP contribution in [-0.2, 0) is 20.2 Å². The number of anilines is 4. The Labute approximate surface area is 514 Å². The van der Waals surface area contributed by atoms with Crippen molar-refractivity contribution in [3.8, 4) is 46.5 Å². The van der Waals surface area contributed by atoms with Crippen molar-refractivity contribution in [2.45, 2.75) is 9.79 Å². The Bertz CT molecular complexity index is 4430. The van der Waals surface area contributed by atoms with Crippen molar-refractivity contribution in [2.75, 3.05) is 10.6 Å². The van der Waals surface area contributed by atoms with Crippen LogP contribution in [0.2, 0.25) is 0 Å². The quantitative estimate of drug-likeness (QED) is 0.0525. The van der Waals surface area contributed by atoms with Crippen molar-refractivity contribution in [1.82, 2.24) is 19.9 Å². The third-order valence-corrected chi connectivity index (χ3v) is 14.7. The summed E-state index contributed by atoms with van der Waals surface area (Å²) in [5, 5.41) is 12.8. The van der Waals surface area contributed by atoms with E-state index in [0.717, 1.165) is 49.2 Å². The first-order valence-corrected chi connectivity index (χ1v) is 27.5. The van der Waals surface area contributed by atoms with Crippen LogP contribution < -0.4 is 88.7 Å². The zero-order valence-electron chi connectivity index (χ0n) is 43.6. The number of ether oxygens (including phenoxy) is 4. The fourth-order valence-corrected chi connectivity index (χ4v) is 11.3. The maximum atomic E-state index is 13.2. The molecule has 12 rings (SSSR count). The zero-order valence-corrected chi connectivity index (χ0v) is 49.3. The molecule has 82 heavy (non-hydrogen) atoms. The fourth-order valence-electron chi connectivity index (χ4n) is 9.14. The van der Waals surface area contributed by atoms with Crippen LogP contribution >= 0.6 is 0 Å². The summed E-state index contributed by atoms with van der Waals surface area (Å²) < 4.78 is 104. The molecule has 2 aromatic heterocycles. The van der Waals surface area contributed by atoms with Crippen LogP contribution in [-0.4, -0.2) is 45.9 Å². The van der Waals surface area contributed by atoms with Crippen molar-refractivity contribution in [1.29, 1.82) is 0 Å². The first-order chi connectivity index (χ1) is 38.8. The minimum atomic E-state index is -5.72. The predicted molar refractivity (Wildman–Crippen MR) is 304 cm³/mol. The third kappa shape index (κ3) is 12.8. The Morgan fingerprint density at radius 3 is 1.07 bits per heavy atom. The van der Waals surface area contributed by atoms with E-state index in [4.69, 9.17) is 18.9 Å². The van der Waals surface area contributed by atoms with Crippen LogP contribution in [0.5, 0.6) is 46.5 Å². The van der Waals surface area contributed by atoms with Crippen LogP contribution in [0.15, 0.2) is 228 Å². The van der Waals surface area contributed by atoms with Crippen LogP contribution in [0.1, 0.15) is 11.1 Å². The number of hydrogen-bond donors (Lipinski definition) is 2. The van der Waals surface area contributed by atoms with E-state index in [0.29, 0.717) is 34.2 Å². The van der Waals surface area contributed by atoms with Crippen LogP contribution in [0.3, 0.4) is 0 Å². The van der Waals surface area contributed by atoms with Gasteiger partial charge in [0, 0.05) is 27.2 Å². The van der Waals surface area contributed by atoms with E-state index in [-0.39, 0.29) is 100 Å². The summed E-state index contributed by atoms with van der Waals surface area (Å²) >= 11 is 0. The molecular formula is C62H40N6Na2O10S2. The molecule has 392 valence electrons. The Hall–Kier alpha value is -8.24. The SMILES string of the molecule is O=S(=O)([O-])c1c(C=Cc2ccc(Nc3nc(Oc4cccc5ccccc45)cc(Oc4cccc5ccccc45)n3)cc2)ccc(Nc2nc(Oc3cccc4ccccc34)cc(Oc3cccc4ccccc34)n2)c1S(=O)(=O)[O-].[Na+].[Na+]. The Kier molecular flexibility index (Phi) is 17.0. The molecule has 0 saturated carbocycles. The van der Waals surface area contributed by atoms with Crippen molar-refractivity contribution >= 4 is 98.7 Å². The molecule has 0 aliphatic carbocycles. The molecule has 2 heterocycles.